The molecule has 2 atom stereocenters. The van der Waals surface area contributed by atoms with Gasteiger partial charge >= 0.3 is 0 Å². The molecule has 1 nitrogen and oxygen atoms in total. The zero-order chi connectivity index (χ0) is 13.3. The Morgan fingerprint density at radius 3 is 2.61 bits per heavy atom. The van der Waals surface area contributed by atoms with Crippen LogP contribution in [0.25, 0.3) is 0 Å². The van der Waals surface area contributed by atoms with Crippen molar-refractivity contribution in [1.29, 1.82) is 0 Å². The molecule has 1 aliphatic rings. The number of hydrogen-bond donors (Lipinski definition) is 1. The molecule has 1 heterocycles. The first-order valence-electron chi connectivity index (χ1n) is 6.57. The van der Waals surface area contributed by atoms with Crippen molar-refractivity contribution in [2.45, 2.75) is 45.6 Å². The minimum absolute atomic E-state index is 0.316. The van der Waals surface area contributed by atoms with Gasteiger partial charge in [-0.1, -0.05) is 49.9 Å². The van der Waals surface area contributed by atoms with Crippen LogP contribution in [0.5, 0.6) is 0 Å². The summed E-state index contributed by atoms with van der Waals surface area (Å²) in [7, 11) is 2.03. The molecule has 0 aromatic carbocycles. The van der Waals surface area contributed by atoms with Crippen molar-refractivity contribution in [2.24, 2.45) is 11.3 Å². The SMILES string of the molecule is CNC(c1cc(Cl)sc1Cl)C1CCCCC1(C)C. The Kier molecular flexibility index (Phi) is 4.64. The summed E-state index contributed by atoms with van der Waals surface area (Å²) >= 11 is 13.9. The average molecular weight is 306 g/mol. The van der Waals surface area contributed by atoms with Gasteiger partial charge in [0.15, 0.2) is 0 Å². The summed E-state index contributed by atoms with van der Waals surface area (Å²) in [6, 6.07) is 2.34. The first-order valence-corrected chi connectivity index (χ1v) is 8.15. The van der Waals surface area contributed by atoms with Crippen LogP contribution in [-0.4, -0.2) is 7.05 Å². The first kappa shape index (κ1) is 14.6. The van der Waals surface area contributed by atoms with Crippen molar-refractivity contribution < 1.29 is 0 Å². The summed E-state index contributed by atoms with van der Waals surface area (Å²) in [4.78, 5) is 0. The van der Waals surface area contributed by atoms with E-state index in [0.29, 0.717) is 17.4 Å². The van der Waals surface area contributed by atoms with Gasteiger partial charge in [-0.3, -0.25) is 0 Å². The smallest absolute Gasteiger partial charge is 0.0992 e. The molecule has 4 heteroatoms. The normalized spacial score (nSPS) is 25.1. The summed E-state index contributed by atoms with van der Waals surface area (Å²) in [6.07, 6.45) is 5.23. The Morgan fingerprint density at radius 2 is 2.11 bits per heavy atom. The second kappa shape index (κ2) is 5.70. The third-order valence-corrected chi connectivity index (χ3v) is 5.84. The molecule has 0 saturated heterocycles. The van der Waals surface area contributed by atoms with E-state index in [4.69, 9.17) is 23.2 Å². The highest BCUT2D eigenvalue weighted by atomic mass is 35.5. The molecule has 0 amide bonds. The third kappa shape index (κ3) is 2.87. The highest BCUT2D eigenvalue weighted by molar-refractivity contribution is 7.20. The molecule has 1 aromatic heterocycles. The van der Waals surface area contributed by atoms with Crippen LogP contribution in [0.1, 0.15) is 51.1 Å². The average Bonchev–Trinajstić information content (AvgIpc) is 2.61. The predicted molar refractivity (Wildman–Crippen MR) is 81.9 cm³/mol. The van der Waals surface area contributed by atoms with E-state index in [1.165, 1.54) is 42.6 Å². The maximum Gasteiger partial charge on any atom is 0.0992 e. The molecule has 18 heavy (non-hydrogen) atoms. The molecule has 102 valence electrons. The summed E-state index contributed by atoms with van der Waals surface area (Å²) in [5.74, 6) is 0.624. The number of thiophene rings is 1. The molecule has 1 aromatic rings. The van der Waals surface area contributed by atoms with Gasteiger partial charge in [-0.2, -0.15) is 0 Å². The first-order chi connectivity index (χ1) is 8.45. The number of hydrogen-bond acceptors (Lipinski definition) is 2. The lowest BCUT2D eigenvalue weighted by Gasteiger charge is -2.43. The van der Waals surface area contributed by atoms with Gasteiger partial charge in [0, 0.05) is 11.6 Å². The van der Waals surface area contributed by atoms with E-state index in [1.807, 2.05) is 13.1 Å². The minimum atomic E-state index is 0.316. The summed E-state index contributed by atoms with van der Waals surface area (Å²) in [5.41, 5.74) is 1.54. The standard InChI is InChI=1S/C14H21Cl2NS/c1-14(2)7-5-4-6-10(14)12(17-3)9-8-11(15)18-13(9)16/h8,10,12,17H,4-7H2,1-3H3. The highest BCUT2D eigenvalue weighted by Gasteiger charge is 2.38. The summed E-state index contributed by atoms with van der Waals surface area (Å²) in [6.45, 7) is 4.76. The van der Waals surface area contributed by atoms with Gasteiger partial charge in [0.1, 0.15) is 0 Å². The molecule has 1 aliphatic carbocycles. The van der Waals surface area contributed by atoms with Crippen molar-refractivity contribution in [1.82, 2.24) is 5.32 Å². The lowest BCUT2D eigenvalue weighted by molar-refractivity contribution is 0.101. The van der Waals surface area contributed by atoms with Crippen LogP contribution in [0, 0.1) is 11.3 Å². The van der Waals surface area contributed by atoms with E-state index in [-0.39, 0.29) is 0 Å². The molecule has 0 aliphatic heterocycles. The van der Waals surface area contributed by atoms with Gasteiger partial charge in [-0.25, -0.2) is 0 Å². The van der Waals surface area contributed by atoms with Gasteiger partial charge in [0.25, 0.3) is 0 Å². The van der Waals surface area contributed by atoms with Gasteiger partial charge in [-0.15, -0.1) is 11.3 Å². The van der Waals surface area contributed by atoms with Gasteiger partial charge in [0.05, 0.1) is 8.67 Å². The van der Waals surface area contributed by atoms with Crippen molar-refractivity contribution in [2.75, 3.05) is 7.05 Å². The molecule has 1 fully saturated rings. The largest absolute Gasteiger partial charge is 0.313 e. The third-order valence-electron chi connectivity index (χ3n) is 4.32. The Balaban J connectivity index is 2.30. The quantitative estimate of drug-likeness (QED) is 0.774. The Bertz CT molecular complexity index is 414. The van der Waals surface area contributed by atoms with Crippen LogP contribution in [-0.2, 0) is 0 Å². The Labute approximate surface area is 124 Å². The highest BCUT2D eigenvalue weighted by Crippen LogP contribution is 2.49. The van der Waals surface area contributed by atoms with Crippen molar-refractivity contribution in [3.8, 4) is 0 Å². The summed E-state index contributed by atoms with van der Waals surface area (Å²) < 4.78 is 1.62. The second-order valence-corrected chi connectivity index (χ2v) is 8.17. The molecule has 2 rings (SSSR count). The van der Waals surface area contributed by atoms with E-state index in [0.717, 1.165) is 8.67 Å². The maximum absolute atomic E-state index is 6.32. The minimum Gasteiger partial charge on any atom is -0.313 e. The van der Waals surface area contributed by atoms with Gasteiger partial charge in [0.2, 0.25) is 0 Å². The predicted octanol–water partition coefficient (Wildman–Crippen LogP) is 5.53. The fraction of sp³-hybridized carbons (Fsp3) is 0.714. The van der Waals surface area contributed by atoms with E-state index in [2.05, 4.69) is 19.2 Å². The van der Waals surface area contributed by atoms with Crippen LogP contribution in [0.15, 0.2) is 6.07 Å². The second-order valence-electron chi connectivity index (χ2n) is 5.89. The lowest BCUT2D eigenvalue weighted by atomic mass is 9.65. The molecule has 0 bridgehead atoms. The molecule has 0 radical (unpaired) electrons. The van der Waals surface area contributed by atoms with Crippen LogP contribution >= 0.6 is 34.5 Å². The molecule has 1 N–H and O–H groups in total. The molecule has 2 unspecified atom stereocenters. The number of halogens is 2. The van der Waals surface area contributed by atoms with Crippen molar-refractivity contribution >= 4 is 34.5 Å². The van der Waals surface area contributed by atoms with E-state index < -0.39 is 0 Å². The molecular weight excluding hydrogens is 285 g/mol. The zero-order valence-electron chi connectivity index (χ0n) is 11.2. The molecular formula is C14H21Cl2NS. The fourth-order valence-corrected chi connectivity index (χ4v) is 4.83. The number of rotatable bonds is 3. The zero-order valence-corrected chi connectivity index (χ0v) is 13.6. The topological polar surface area (TPSA) is 12.0 Å². The van der Waals surface area contributed by atoms with Crippen LogP contribution < -0.4 is 5.32 Å². The molecule has 0 spiro atoms. The summed E-state index contributed by atoms with van der Waals surface area (Å²) in [5, 5.41) is 3.46. The molecule has 1 saturated carbocycles. The fourth-order valence-electron chi connectivity index (χ4n) is 3.28. The van der Waals surface area contributed by atoms with Gasteiger partial charge in [-0.05, 0) is 37.3 Å². The van der Waals surface area contributed by atoms with Crippen molar-refractivity contribution in [3.63, 3.8) is 0 Å². The van der Waals surface area contributed by atoms with Crippen molar-refractivity contribution in [3.05, 3.63) is 20.3 Å². The monoisotopic (exact) mass is 305 g/mol. The maximum atomic E-state index is 6.32. The van der Waals surface area contributed by atoms with Crippen LogP contribution in [0.4, 0.5) is 0 Å². The Morgan fingerprint density at radius 1 is 1.39 bits per heavy atom. The van der Waals surface area contributed by atoms with E-state index in [1.54, 1.807) is 0 Å². The van der Waals surface area contributed by atoms with Crippen LogP contribution in [0.2, 0.25) is 8.67 Å². The Hall–Kier alpha value is 0.240. The van der Waals surface area contributed by atoms with E-state index >= 15 is 0 Å². The number of nitrogens with one attached hydrogen (secondary N) is 1. The lowest BCUT2D eigenvalue weighted by Crippen LogP contribution is -2.37. The van der Waals surface area contributed by atoms with E-state index in [9.17, 15) is 0 Å². The van der Waals surface area contributed by atoms with Gasteiger partial charge < -0.3 is 5.32 Å². The van der Waals surface area contributed by atoms with Crippen LogP contribution in [0.3, 0.4) is 0 Å².